The van der Waals surface area contributed by atoms with Crippen LogP contribution in [-0.4, -0.2) is 65.2 Å². The van der Waals surface area contributed by atoms with Gasteiger partial charge in [0.15, 0.2) is 11.2 Å². The zero-order valence-corrected chi connectivity index (χ0v) is 23.6. The highest BCUT2D eigenvalue weighted by atomic mass is 35.5. The Labute approximate surface area is 235 Å². The monoisotopic (exact) mass is 603 g/mol. The number of piperidine rings is 1. The van der Waals surface area contributed by atoms with Gasteiger partial charge in [-0.25, -0.2) is 31.2 Å². The Bertz CT molecular complexity index is 1840. The van der Waals surface area contributed by atoms with E-state index in [1.54, 1.807) is 6.07 Å². The van der Waals surface area contributed by atoms with Crippen molar-refractivity contribution in [3.8, 4) is 0 Å². The fourth-order valence-electron chi connectivity index (χ4n) is 4.77. The third-order valence-electron chi connectivity index (χ3n) is 7.18. The molecule has 0 bridgehead atoms. The van der Waals surface area contributed by atoms with Crippen molar-refractivity contribution in [2.45, 2.75) is 54.0 Å². The molecule has 0 spiro atoms. The van der Waals surface area contributed by atoms with Gasteiger partial charge in [0.05, 0.1) is 16.3 Å². The number of hydrogen-bond donors (Lipinski definition) is 2. The average Bonchev–Trinajstić information content (AvgIpc) is 3.66. The number of nitrogens with zero attached hydrogens (tertiary/aromatic N) is 5. The molecule has 3 heterocycles. The van der Waals surface area contributed by atoms with E-state index in [2.05, 4.69) is 25.0 Å². The number of aromatic nitrogens is 5. The molecule has 2 fully saturated rings. The number of halogens is 1. The number of H-pyrrole nitrogens is 1. The molecule has 0 unspecified atom stereocenters. The van der Waals surface area contributed by atoms with E-state index in [4.69, 9.17) is 11.6 Å². The topological polar surface area (TPSA) is 160 Å². The Morgan fingerprint density at radius 3 is 2.30 bits per heavy atom. The predicted octanol–water partition coefficient (Wildman–Crippen LogP) is 2.23. The molecular weight excluding hydrogens is 578 g/mol. The SMILES string of the molecule is O=c1[nH]c(C2CCN(S(=O)(=O)c3ccc(S(=O)(=O)NC4CC4)cc3)CC2)nc2c1nnn2Cc1ccccc1Cl. The van der Waals surface area contributed by atoms with Crippen LogP contribution in [0.5, 0.6) is 0 Å². The lowest BCUT2D eigenvalue weighted by atomic mass is 9.97. The summed E-state index contributed by atoms with van der Waals surface area (Å²) in [6.07, 6.45) is 2.50. The minimum absolute atomic E-state index is 0.0267. The summed E-state index contributed by atoms with van der Waals surface area (Å²) in [5.41, 5.74) is 0.850. The van der Waals surface area contributed by atoms with Crippen LogP contribution < -0.4 is 10.3 Å². The van der Waals surface area contributed by atoms with E-state index in [0.717, 1.165) is 18.4 Å². The van der Waals surface area contributed by atoms with Crippen LogP contribution >= 0.6 is 11.6 Å². The van der Waals surface area contributed by atoms with Gasteiger partial charge in [-0.15, -0.1) is 5.10 Å². The summed E-state index contributed by atoms with van der Waals surface area (Å²) in [5, 5.41) is 8.64. The number of benzene rings is 2. The first-order valence-corrected chi connectivity index (χ1v) is 16.1. The van der Waals surface area contributed by atoms with Crippen molar-refractivity contribution in [1.82, 2.24) is 34.0 Å². The summed E-state index contributed by atoms with van der Waals surface area (Å²) >= 11 is 6.29. The zero-order valence-electron chi connectivity index (χ0n) is 21.2. The zero-order chi connectivity index (χ0) is 28.1. The normalized spacial score (nSPS) is 17.4. The second kappa shape index (κ2) is 10.3. The predicted molar refractivity (Wildman–Crippen MR) is 147 cm³/mol. The lowest BCUT2D eigenvalue weighted by Crippen LogP contribution is -2.38. The van der Waals surface area contributed by atoms with E-state index in [1.165, 1.54) is 33.3 Å². The number of fused-ring (bicyclic) bond motifs is 1. The van der Waals surface area contributed by atoms with Crippen LogP contribution in [0.2, 0.25) is 5.02 Å². The van der Waals surface area contributed by atoms with E-state index in [9.17, 15) is 21.6 Å². The fourth-order valence-corrected chi connectivity index (χ4v) is 7.74. The van der Waals surface area contributed by atoms with Crippen molar-refractivity contribution in [2.75, 3.05) is 13.1 Å². The van der Waals surface area contributed by atoms with E-state index in [0.29, 0.717) is 35.9 Å². The molecule has 2 aromatic carbocycles. The first-order valence-electron chi connectivity index (χ1n) is 12.8. The largest absolute Gasteiger partial charge is 0.308 e. The molecule has 6 rings (SSSR count). The molecule has 1 saturated carbocycles. The van der Waals surface area contributed by atoms with Gasteiger partial charge in [0.25, 0.3) is 5.56 Å². The summed E-state index contributed by atoms with van der Waals surface area (Å²) in [5.74, 6) is 0.281. The minimum Gasteiger partial charge on any atom is -0.308 e. The summed E-state index contributed by atoms with van der Waals surface area (Å²) < 4.78 is 56.9. The van der Waals surface area contributed by atoms with Gasteiger partial charge < -0.3 is 4.98 Å². The molecule has 1 saturated heterocycles. The molecule has 2 aliphatic rings. The molecule has 0 atom stereocenters. The van der Waals surface area contributed by atoms with Crippen molar-refractivity contribution in [2.24, 2.45) is 0 Å². The van der Waals surface area contributed by atoms with Crippen LogP contribution in [0.4, 0.5) is 0 Å². The van der Waals surface area contributed by atoms with E-state index >= 15 is 0 Å². The molecular formula is C25H26ClN7O5S2. The second-order valence-electron chi connectivity index (χ2n) is 10.0. The molecule has 2 aromatic heterocycles. The summed E-state index contributed by atoms with van der Waals surface area (Å²) in [6, 6.07) is 12.5. The summed E-state index contributed by atoms with van der Waals surface area (Å²) in [4.78, 5) is 20.3. The number of aromatic amines is 1. The highest BCUT2D eigenvalue weighted by Crippen LogP contribution is 2.30. The standard InChI is InChI=1S/C25H26ClN7O5S2/c26-21-4-2-1-3-17(21)15-33-24-22(29-31-33)25(34)28-23(27-24)16-11-13-32(14-12-16)40(37,38)20-9-7-19(8-10-20)39(35,36)30-18-5-6-18/h1-4,7-10,16,18,30H,5-6,11-15H2,(H,27,28,34). The molecule has 1 aliphatic carbocycles. The minimum atomic E-state index is -3.83. The Morgan fingerprint density at radius 1 is 0.950 bits per heavy atom. The van der Waals surface area contributed by atoms with Crippen LogP contribution in [0, 0.1) is 0 Å². The molecule has 0 radical (unpaired) electrons. The smallest absolute Gasteiger partial charge is 0.281 e. The maximum Gasteiger partial charge on any atom is 0.281 e. The van der Waals surface area contributed by atoms with Crippen molar-refractivity contribution < 1.29 is 16.8 Å². The van der Waals surface area contributed by atoms with Gasteiger partial charge in [0.2, 0.25) is 20.0 Å². The Kier molecular flexibility index (Phi) is 6.99. The molecule has 15 heteroatoms. The van der Waals surface area contributed by atoms with Gasteiger partial charge in [-0.1, -0.05) is 35.0 Å². The third kappa shape index (κ3) is 5.29. The van der Waals surface area contributed by atoms with Gasteiger partial charge in [-0.2, -0.15) is 4.31 Å². The second-order valence-corrected chi connectivity index (χ2v) is 14.1. The molecule has 2 N–H and O–H groups in total. The Balaban J connectivity index is 1.17. The van der Waals surface area contributed by atoms with Crippen LogP contribution in [0.15, 0.2) is 63.1 Å². The highest BCUT2D eigenvalue weighted by molar-refractivity contribution is 7.89. The average molecular weight is 604 g/mol. The maximum absolute atomic E-state index is 13.3. The van der Waals surface area contributed by atoms with Crippen LogP contribution in [-0.2, 0) is 26.6 Å². The number of sulfonamides is 2. The third-order valence-corrected chi connectivity index (χ3v) is 11.0. The lowest BCUT2D eigenvalue weighted by Gasteiger charge is -2.30. The van der Waals surface area contributed by atoms with Crippen molar-refractivity contribution in [3.05, 3.63) is 75.3 Å². The van der Waals surface area contributed by atoms with Gasteiger partial charge in [0.1, 0.15) is 5.82 Å². The Hall–Kier alpha value is -3.17. The van der Waals surface area contributed by atoms with Crippen LogP contribution in [0.3, 0.4) is 0 Å². The molecule has 40 heavy (non-hydrogen) atoms. The van der Waals surface area contributed by atoms with Crippen molar-refractivity contribution in [1.29, 1.82) is 0 Å². The molecule has 4 aromatic rings. The van der Waals surface area contributed by atoms with E-state index in [-0.39, 0.29) is 40.4 Å². The van der Waals surface area contributed by atoms with E-state index in [1.807, 2.05) is 18.2 Å². The number of rotatable bonds is 8. The fraction of sp³-hybridized carbons (Fsp3) is 0.360. The summed E-state index contributed by atoms with van der Waals surface area (Å²) in [6.45, 7) is 0.726. The number of nitrogens with one attached hydrogen (secondary N) is 2. The van der Waals surface area contributed by atoms with Gasteiger partial charge in [-0.05, 0) is 61.6 Å². The van der Waals surface area contributed by atoms with Crippen LogP contribution in [0.1, 0.15) is 43.0 Å². The summed E-state index contributed by atoms with van der Waals surface area (Å²) in [7, 11) is -7.50. The first kappa shape index (κ1) is 27.0. The Morgan fingerprint density at radius 2 is 1.62 bits per heavy atom. The van der Waals surface area contributed by atoms with Gasteiger partial charge in [0, 0.05) is 30.1 Å². The van der Waals surface area contributed by atoms with Crippen LogP contribution in [0.25, 0.3) is 11.2 Å². The van der Waals surface area contributed by atoms with E-state index < -0.39 is 25.6 Å². The first-order chi connectivity index (χ1) is 19.1. The van der Waals surface area contributed by atoms with Crippen molar-refractivity contribution in [3.63, 3.8) is 0 Å². The van der Waals surface area contributed by atoms with Gasteiger partial charge >= 0.3 is 0 Å². The molecule has 1 aliphatic heterocycles. The molecule has 0 amide bonds. The highest BCUT2D eigenvalue weighted by Gasteiger charge is 2.32. The molecule has 210 valence electrons. The van der Waals surface area contributed by atoms with Crippen molar-refractivity contribution >= 4 is 42.8 Å². The number of hydrogen-bond acceptors (Lipinski definition) is 8. The maximum atomic E-state index is 13.3. The molecule has 12 nitrogen and oxygen atoms in total. The quantitative estimate of drug-likeness (QED) is 0.310. The van der Waals surface area contributed by atoms with Gasteiger partial charge in [-0.3, -0.25) is 4.79 Å². The lowest BCUT2D eigenvalue weighted by molar-refractivity contribution is 0.313.